The summed E-state index contributed by atoms with van der Waals surface area (Å²) in [6, 6.07) is 31.0. The van der Waals surface area contributed by atoms with Crippen molar-refractivity contribution in [3.63, 3.8) is 0 Å². The highest BCUT2D eigenvalue weighted by Crippen LogP contribution is 2.37. The molecule has 10 aliphatic rings. The lowest BCUT2D eigenvalue weighted by Crippen LogP contribution is -2.05. The summed E-state index contributed by atoms with van der Waals surface area (Å²) in [6.45, 7) is 0. The third kappa shape index (κ3) is 7.18. The van der Waals surface area contributed by atoms with Crippen LogP contribution < -0.4 is 18.9 Å². The molecule has 55 heavy (non-hydrogen) atoms. The molecule has 0 aliphatic heterocycles. The molecule has 0 aromatic heterocycles. The van der Waals surface area contributed by atoms with Crippen LogP contribution in [0.3, 0.4) is 0 Å². The topological polar surface area (TPSA) is 180 Å². The molecule has 0 heterocycles. The molecule has 10 aliphatic carbocycles. The van der Waals surface area contributed by atoms with E-state index in [0.717, 1.165) is 0 Å². The number of rotatable bonds is 4. The number of hydrogen-bond donors (Lipinski definition) is 0. The molecule has 5 aromatic rings. The van der Waals surface area contributed by atoms with Crippen LogP contribution in [0, 0.1) is 68.0 Å². The van der Waals surface area contributed by atoms with Crippen molar-refractivity contribution in [1.29, 1.82) is 31.6 Å². The summed E-state index contributed by atoms with van der Waals surface area (Å²) in [4.78, 5) is 0. The van der Waals surface area contributed by atoms with Crippen LogP contribution in [0.4, 0.5) is 0 Å². The first kappa shape index (κ1) is 37.0. The molecule has 10 nitrogen and oxygen atoms in total. The fourth-order valence-electron chi connectivity index (χ4n) is 7.20. The van der Waals surface area contributed by atoms with E-state index in [1.54, 1.807) is 36.4 Å². The van der Waals surface area contributed by atoms with E-state index in [1.165, 1.54) is 28.4 Å². The van der Waals surface area contributed by atoms with E-state index < -0.39 is 0 Å². The van der Waals surface area contributed by atoms with E-state index in [4.69, 9.17) is 18.9 Å². The molecule has 0 amide bonds. The molecule has 5 aromatic carbocycles. The minimum absolute atomic E-state index is 0.141. The van der Waals surface area contributed by atoms with Gasteiger partial charge in [-0.15, -0.1) is 0 Å². The number of methoxy groups -OCH3 is 4. The lowest BCUT2D eigenvalue weighted by Gasteiger charge is -2.18. The summed E-state index contributed by atoms with van der Waals surface area (Å²) in [5.74, 6) is 2.05. The SMILES string of the molecule is COc1cc2c(OC)cc1Cc1cc(C#N)c(cc1C#N)Cc1cc(C#N)c(cc1C#N)Cc1cc(OC)c(cc1OC)Cc1cc(C#N)c(cc1C#N)C2. The van der Waals surface area contributed by atoms with Gasteiger partial charge in [-0.25, -0.2) is 0 Å². The van der Waals surface area contributed by atoms with E-state index in [9.17, 15) is 31.6 Å². The Labute approximate surface area is 319 Å². The van der Waals surface area contributed by atoms with Crippen LogP contribution in [0.1, 0.15) is 89.0 Å². The number of benzene rings is 5. The summed E-state index contributed by atoms with van der Waals surface area (Å²) < 4.78 is 23.3. The molecule has 0 N–H and O–H groups in total. The minimum atomic E-state index is 0.141. The predicted molar refractivity (Wildman–Crippen MR) is 201 cm³/mol. The van der Waals surface area contributed by atoms with Crippen molar-refractivity contribution >= 4 is 0 Å². The van der Waals surface area contributed by atoms with Crippen molar-refractivity contribution in [2.75, 3.05) is 28.4 Å². The zero-order valence-electron chi connectivity index (χ0n) is 30.6. The van der Waals surface area contributed by atoms with Crippen molar-refractivity contribution in [1.82, 2.24) is 0 Å². The third-order valence-electron chi connectivity index (χ3n) is 9.98. The second-order valence-electron chi connectivity index (χ2n) is 13.0. The van der Waals surface area contributed by atoms with Crippen molar-refractivity contribution in [2.24, 2.45) is 0 Å². The molecule has 15 rings (SSSR count). The number of nitriles is 6. The molecule has 0 fully saturated rings. The third-order valence-corrected chi connectivity index (χ3v) is 9.98. The van der Waals surface area contributed by atoms with Gasteiger partial charge in [0, 0.05) is 54.4 Å². The van der Waals surface area contributed by atoms with Gasteiger partial charge < -0.3 is 18.9 Å². The monoisotopic (exact) mass is 720 g/mol. The van der Waals surface area contributed by atoms with Gasteiger partial charge in [-0.1, -0.05) is 0 Å². The molecule has 10 bridgehead atoms. The summed E-state index contributed by atoms with van der Waals surface area (Å²) in [5, 5.41) is 61.8. The lowest BCUT2D eigenvalue weighted by molar-refractivity contribution is 0.396. The molecule has 0 saturated heterocycles. The highest BCUT2D eigenvalue weighted by molar-refractivity contribution is 5.60. The second kappa shape index (κ2) is 15.9. The predicted octanol–water partition coefficient (Wildman–Crippen LogP) is 7.22. The smallest absolute Gasteiger partial charge is 0.122 e. The Morgan fingerprint density at radius 2 is 0.455 bits per heavy atom. The molecular weight excluding hydrogens is 689 g/mol. The number of nitrogens with zero attached hydrogens (tertiary/aromatic N) is 6. The summed E-state index contributed by atoms with van der Waals surface area (Å²) in [6.07, 6.45) is 1.13. The van der Waals surface area contributed by atoms with Crippen molar-refractivity contribution in [2.45, 2.75) is 32.1 Å². The molecule has 0 atom stereocenters. The maximum absolute atomic E-state index is 10.3. The first-order valence-corrected chi connectivity index (χ1v) is 17.1. The van der Waals surface area contributed by atoms with Gasteiger partial charge in [0.05, 0.1) is 98.2 Å². The van der Waals surface area contributed by atoms with Crippen LogP contribution in [0.15, 0.2) is 60.7 Å². The zero-order chi connectivity index (χ0) is 39.2. The Morgan fingerprint density at radius 1 is 0.291 bits per heavy atom. The Balaban J connectivity index is 1.63. The van der Waals surface area contributed by atoms with Crippen LogP contribution in [0.25, 0.3) is 0 Å². The molecule has 0 radical (unpaired) electrons. The molecular formula is C45H32N6O4. The quantitative estimate of drug-likeness (QED) is 0.180. The fraction of sp³-hybridized carbons (Fsp3) is 0.200. The van der Waals surface area contributed by atoms with Crippen LogP contribution in [0.2, 0.25) is 0 Å². The lowest BCUT2D eigenvalue weighted by atomic mass is 9.88. The average molecular weight is 721 g/mol. The first-order valence-electron chi connectivity index (χ1n) is 17.1. The molecule has 10 heteroatoms. The Kier molecular flexibility index (Phi) is 10.7. The number of ether oxygens (including phenoxy) is 4. The Hall–Kier alpha value is -7.76. The van der Waals surface area contributed by atoms with Crippen molar-refractivity contribution in [3.05, 3.63) is 150 Å². The van der Waals surface area contributed by atoms with Gasteiger partial charge >= 0.3 is 0 Å². The van der Waals surface area contributed by atoms with Gasteiger partial charge in [0.1, 0.15) is 23.0 Å². The number of hydrogen-bond acceptors (Lipinski definition) is 10. The van der Waals surface area contributed by atoms with Crippen molar-refractivity contribution in [3.8, 4) is 59.4 Å². The highest BCUT2D eigenvalue weighted by atomic mass is 16.5. The van der Waals surface area contributed by atoms with Gasteiger partial charge in [-0.05, 0) is 94.0 Å². The maximum Gasteiger partial charge on any atom is 0.122 e. The van der Waals surface area contributed by atoms with E-state index in [-0.39, 0.29) is 32.1 Å². The Bertz CT molecular complexity index is 2470. The van der Waals surface area contributed by atoms with Crippen LogP contribution in [-0.2, 0) is 32.1 Å². The Morgan fingerprint density at radius 3 is 0.600 bits per heavy atom. The van der Waals surface area contributed by atoms with E-state index >= 15 is 0 Å². The van der Waals surface area contributed by atoms with E-state index in [1.807, 2.05) is 24.3 Å². The highest BCUT2D eigenvalue weighted by Gasteiger charge is 2.22. The van der Waals surface area contributed by atoms with Gasteiger partial charge in [0.2, 0.25) is 0 Å². The standard InChI is InChI=1S/C45H32N6O4/c1-52-42-18-34-8-30-14-41(25-51)31(15-40(30)24-50)9-35-19-43(53-2)33(17-45(35)55-4)7-29-13-37(21-47)27(11-39(29)23-49)5-26-10-38(22-48)28(12-36(26)20-46)6-32(42)16-44(34)54-3/h10-19H,5-9H2,1-4H3. The normalized spacial score (nSPS) is 11.5. The van der Waals surface area contributed by atoms with Gasteiger partial charge in [0.15, 0.2) is 0 Å². The summed E-state index contributed by atoms with van der Waals surface area (Å²) in [7, 11) is 6.15. The fourth-order valence-corrected chi connectivity index (χ4v) is 7.20. The maximum atomic E-state index is 10.3. The average Bonchev–Trinajstić information content (AvgIpc) is 3.21. The minimum Gasteiger partial charge on any atom is -0.496 e. The molecule has 0 saturated carbocycles. The summed E-state index contributed by atoms with van der Waals surface area (Å²) >= 11 is 0. The molecule has 0 spiro atoms. The van der Waals surface area contributed by atoms with Crippen LogP contribution >= 0.6 is 0 Å². The van der Waals surface area contributed by atoms with Crippen LogP contribution in [0.5, 0.6) is 23.0 Å². The van der Waals surface area contributed by atoms with Gasteiger partial charge in [-0.3, -0.25) is 0 Å². The summed E-state index contributed by atoms with van der Waals surface area (Å²) in [5.41, 5.74) is 8.44. The zero-order valence-corrected chi connectivity index (χ0v) is 30.6. The molecule has 0 unspecified atom stereocenters. The second-order valence-corrected chi connectivity index (χ2v) is 13.0. The van der Waals surface area contributed by atoms with Crippen molar-refractivity contribution < 1.29 is 18.9 Å². The van der Waals surface area contributed by atoms with E-state index in [0.29, 0.717) is 112 Å². The van der Waals surface area contributed by atoms with Gasteiger partial charge in [-0.2, -0.15) is 31.6 Å². The molecule has 266 valence electrons. The largest absolute Gasteiger partial charge is 0.496 e. The van der Waals surface area contributed by atoms with Gasteiger partial charge in [0.25, 0.3) is 0 Å². The first-order chi connectivity index (χ1) is 26.7. The van der Waals surface area contributed by atoms with Crippen LogP contribution in [-0.4, -0.2) is 28.4 Å². The van der Waals surface area contributed by atoms with E-state index in [2.05, 4.69) is 36.4 Å².